The highest BCUT2D eigenvalue weighted by Crippen LogP contribution is 2.31. The summed E-state index contributed by atoms with van der Waals surface area (Å²) in [4.78, 5) is 11.1. The van der Waals surface area contributed by atoms with Crippen LogP contribution < -0.4 is 5.73 Å². The molecule has 0 radical (unpaired) electrons. The molecule has 0 aromatic carbocycles. The number of hydrogen-bond donors (Lipinski definition) is 1. The molecular formula is C15H21N3O2S. The Bertz CT molecular complexity index is 635. The lowest BCUT2D eigenvalue weighted by atomic mass is 10.1. The molecular weight excluding hydrogens is 286 g/mol. The zero-order valence-corrected chi connectivity index (χ0v) is 13.3. The number of fused-ring (bicyclic) bond motifs is 1. The second-order valence-corrected chi connectivity index (χ2v) is 6.70. The van der Waals surface area contributed by atoms with Crippen LogP contribution in [-0.2, 0) is 16.1 Å². The van der Waals surface area contributed by atoms with Crippen LogP contribution in [0.15, 0.2) is 0 Å². The van der Waals surface area contributed by atoms with E-state index in [1.54, 1.807) is 11.3 Å². The summed E-state index contributed by atoms with van der Waals surface area (Å²) < 4.78 is 11.3. The van der Waals surface area contributed by atoms with E-state index in [1.165, 1.54) is 16.9 Å². The van der Waals surface area contributed by atoms with E-state index in [9.17, 15) is 0 Å². The summed E-state index contributed by atoms with van der Waals surface area (Å²) in [6.45, 7) is 5.97. The van der Waals surface area contributed by atoms with Gasteiger partial charge >= 0.3 is 0 Å². The van der Waals surface area contributed by atoms with Gasteiger partial charge in [0.15, 0.2) is 5.82 Å². The Hall–Kier alpha value is -1.24. The minimum atomic E-state index is 0.214. The average Bonchev–Trinajstić information content (AvgIpc) is 2.75. The van der Waals surface area contributed by atoms with Gasteiger partial charge in [-0.25, -0.2) is 9.97 Å². The van der Waals surface area contributed by atoms with Crippen LogP contribution >= 0.6 is 11.3 Å². The van der Waals surface area contributed by atoms with Gasteiger partial charge in [0.1, 0.15) is 17.3 Å². The van der Waals surface area contributed by atoms with Crippen LogP contribution in [0.3, 0.4) is 0 Å². The number of nitrogen functional groups attached to an aromatic ring is 1. The highest BCUT2D eigenvalue weighted by Gasteiger charge is 2.15. The molecule has 0 aliphatic carbocycles. The monoisotopic (exact) mass is 307 g/mol. The van der Waals surface area contributed by atoms with E-state index in [0.717, 1.165) is 29.7 Å². The smallest absolute Gasteiger partial charge is 0.158 e. The molecule has 0 spiro atoms. The van der Waals surface area contributed by atoms with Crippen molar-refractivity contribution in [3.8, 4) is 0 Å². The van der Waals surface area contributed by atoms with E-state index in [0.29, 0.717) is 24.9 Å². The van der Waals surface area contributed by atoms with E-state index < -0.39 is 0 Å². The van der Waals surface area contributed by atoms with Crippen LogP contribution in [0.1, 0.15) is 35.5 Å². The molecule has 2 N–H and O–H groups in total. The Labute approximate surface area is 128 Å². The minimum absolute atomic E-state index is 0.214. The van der Waals surface area contributed by atoms with Crippen molar-refractivity contribution >= 4 is 27.4 Å². The van der Waals surface area contributed by atoms with E-state index in [4.69, 9.17) is 15.2 Å². The third kappa shape index (κ3) is 3.17. The summed E-state index contributed by atoms with van der Waals surface area (Å²) in [5.41, 5.74) is 7.24. The molecule has 3 heterocycles. The largest absolute Gasteiger partial charge is 0.383 e. The maximum Gasteiger partial charge on any atom is 0.158 e. The molecule has 1 aliphatic heterocycles. The normalized spacial score (nSPS) is 19.2. The van der Waals surface area contributed by atoms with Gasteiger partial charge in [0.2, 0.25) is 0 Å². The number of nitrogens with zero attached hydrogens (tertiary/aromatic N) is 2. The zero-order chi connectivity index (χ0) is 14.8. The molecule has 2 aromatic heterocycles. The third-order valence-electron chi connectivity index (χ3n) is 3.91. The summed E-state index contributed by atoms with van der Waals surface area (Å²) in [6, 6.07) is 0. The van der Waals surface area contributed by atoms with Gasteiger partial charge in [0.25, 0.3) is 0 Å². The van der Waals surface area contributed by atoms with Gasteiger partial charge < -0.3 is 15.2 Å². The van der Waals surface area contributed by atoms with Crippen molar-refractivity contribution in [3.05, 3.63) is 16.3 Å². The number of thiophene rings is 1. The van der Waals surface area contributed by atoms with E-state index in [1.807, 2.05) is 0 Å². The molecule has 5 nitrogen and oxygen atoms in total. The first-order chi connectivity index (χ1) is 10.1. The van der Waals surface area contributed by atoms with Gasteiger partial charge in [0, 0.05) is 11.5 Å². The number of aromatic nitrogens is 2. The molecule has 0 saturated carbocycles. The van der Waals surface area contributed by atoms with Gasteiger partial charge in [0.05, 0.1) is 18.1 Å². The number of aryl methyl sites for hydroxylation is 2. The number of anilines is 1. The molecule has 21 heavy (non-hydrogen) atoms. The first-order valence-corrected chi connectivity index (χ1v) is 8.18. The predicted octanol–water partition coefficient (Wildman–Crippen LogP) is 2.98. The molecule has 1 saturated heterocycles. The van der Waals surface area contributed by atoms with Crippen molar-refractivity contribution in [1.29, 1.82) is 0 Å². The number of ether oxygens (including phenoxy) is 2. The summed E-state index contributed by atoms with van der Waals surface area (Å²) >= 11 is 1.66. The fraction of sp³-hybridized carbons (Fsp3) is 0.600. The molecule has 3 rings (SSSR count). The van der Waals surface area contributed by atoms with Crippen LogP contribution in [0, 0.1) is 13.8 Å². The SMILES string of the molecule is Cc1sc2nc(COCC3CCCCO3)nc(N)c2c1C. The fourth-order valence-electron chi connectivity index (χ4n) is 2.61. The van der Waals surface area contributed by atoms with Crippen molar-refractivity contribution in [3.63, 3.8) is 0 Å². The molecule has 1 unspecified atom stereocenters. The second kappa shape index (κ2) is 6.25. The second-order valence-electron chi connectivity index (χ2n) is 5.49. The van der Waals surface area contributed by atoms with Crippen LogP contribution in [0.2, 0.25) is 0 Å². The highest BCUT2D eigenvalue weighted by atomic mass is 32.1. The lowest BCUT2D eigenvalue weighted by Gasteiger charge is -2.22. The van der Waals surface area contributed by atoms with Crippen molar-refractivity contribution in [1.82, 2.24) is 9.97 Å². The van der Waals surface area contributed by atoms with Gasteiger partial charge in [-0.05, 0) is 38.7 Å². The van der Waals surface area contributed by atoms with Crippen LogP contribution in [0.4, 0.5) is 5.82 Å². The maximum atomic E-state index is 6.06. The summed E-state index contributed by atoms with van der Waals surface area (Å²) in [6.07, 6.45) is 3.66. The Kier molecular flexibility index (Phi) is 4.37. The minimum Gasteiger partial charge on any atom is -0.383 e. The molecule has 1 fully saturated rings. The molecule has 114 valence electrons. The standard InChI is InChI=1S/C15H21N3O2S/c1-9-10(2)21-15-13(9)14(16)17-12(18-15)8-19-7-11-5-3-4-6-20-11/h11H,3-8H2,1-2H3,(H2,16,17,18). The molecule has 0 amide bonds. The van der Waals surface area contributed by atoms with Crippen molar-refractivity contribution in [2.24, 2.45) is 0 Å². The highest BCUT2D eigenvalue weighted by molar-refractivity contribution is 7.18. The van der Waals surface area contributed by atoms with Crippen LogP contribution in [0.5, 0.6) is 0 Å². The predicted molar refractivity (Wildman–Crippen MR) is 84.5 cm³/mol. The lowest BCUT2D eigenvalue weighted by molar-refractivity contribution is -0.0457. The Morgan fingerprint density at radius 2 is 2.19 bits per heavy atom. The lowest BCUT2D eigenvalue weighted by Crippen LogP contribution is -2.24. The van der Waals surface area contributed by atoms with Crippen molar-refractivity contribution in [2.45, 2.75) is 45.8 Å². The molecule has 6 heteroatoms. The van der Waals surface area contributed by atoms with Crippen LogP contribution in [-0.4, -0.2) is 29.3 Å². The number of rotatable bonds is 4. The van der Waals surface area contributed by atoms with E-state index in [2.05, 4.69) is 23.8 Å². The maximum absolute atomic E-state index is 6.06. The van der Waals surface area contributed by atoms with Gasteiger partial charge in [-0.3, -0.25) is 0 Å². The van der Waals surface area contributed by atoms with E-state index >= 15 is 0 Å². The Morgan fingerprint density at radius 1 is 1.33 bits per heavy atom. The molecule has 1 aliphatic rings. The number of hydrogen-bond acceptors (Lipinski definition) is 6. The summed E-state index contributed by atoms with van der Waals surface area (Å²) in [5.74, 6) is 1.20. The third-order valence-corrected chi connectivity index (χ3v) is 5.01. The Morgan fingerprint density at radius 3 is 2.95 bits per heavy atom. The quantitative estimate of drug-likeness (QED) is 0.940. The first-order valence-electron chi connectivity index (χ1n) is 7.36. The van der Waals surface area contributed by atoms with Crippen LogP contribution in [0.25, 0.3) is 10.2 Å². The molecule has 1 atom stereocenters. The van der Waals surface area contributed by atoms with Gasteiger partial charge in [-0.1, -0.05) is 0 Å². The fourth-order valence-corrected chi connectivity index (χ4v) is 3.67. The summed E-state index contributed by atoms with van der Waals surface area (Å²) in [5, 5.41) is 0.983. The first kappa shape index (κ1) is 14.7. The average molecular weight is 307 g/mol. The van der Waals surface area contributed by atoms with Gasteiger partial charge in [-0.2, -0.15) is 0 Å². The summed E-state index contributed by atoms with van der Waals surface area (Å²) in [7, 11) is 0. The molecule has 0 bridgehead atoms. The van der Waals surface area contributed by atoms with Crippen molar-refractivity contribution in [2.75, 3.05) is 18.9 Å². The number of nitrogens with two attached hydrogens (primary N) is 1. The topological polar surface area (TPSA) is 70.3 Å². The van der Waals surface area contributed by atoms with E-state index in [-0.39, 0.29) is 6.10 Å². The molecule has 2 aromatic rings. The zero-order valence-electron chi connectivity index (χ0n) is 12.5. The van der Waals surface area contributed by atoms with Crippen molar-refractivity contribution < 1.29 is 9.47 Å². The van der Waals surface area contributed by atoms with Gasteiger partial charge in [-0.15, -0.1) is 11.3 Å². The Balaban J connectivity index is 1.67.